The van der Waals surface area contributed by atoms with Crippen LogP contribution in [0.1, 0.15) is 18.4 Å². The van der Waals surface area contributed by atoms with Crippen molar-refractivity contribution in [3.8, 4) is 5.75 Å². The van der Waals surface area contributed by atoms with Gasteiger partial charge in [0.1, 0.15) is 5.75 Å². The molecule has 1 aliphatic heterocycles. The van der Waals surface area contributed by atoms with E-state index in [1.165, 1.54) is 11.3 Å². The molecule has 1 heterocycles. The van der Waals surface area contributed by atoms with Gasteiger partial charge in [0.25, 0.3) is 0 Å². The third kappa shape index (κ3) is 5.49. The summed E-state index contributed by atoms with van der Waals surface area (Å²) < 4.78 is 10.6. The summed E-state index contributed by atoms with van der Waals surface area (Å²) >= 11 is 0. The molecule has 1 aliphatic carbocycles. The van der Waals surface area contributed by atoms with Gasteiger partial charge in [-0.15, -0.1) is 0 Å². The second kappa shape index (κ2) is 9.29. The average molecular weight is 396 g/mol. The van der Waals surface area contributed by atoms with Crippen LogP contribution >= 0.6 is 0 Å². The van der Waals surface area contributed by atoms with E-state index in [1.54, 1.807) is 7.11 Å². The van der Waals surface area contributed by atoms with Gasteiger partial charge in [-0.2, -0.15) is 0 Å². The minimum absolute atomic E-state index is 0.0320. The van der Waals surface area contributed by atoms with Gasteiger partial charge in [-0.05, 0) is 54.8 Å². The van der Waals surface area contributed by atoms with E-state index in [0.717, 1.165) is 57.1 Å². The third-order valence-electron chi connectivity index (χ3n) is 5.48. The second-order valence-corrected chi connectivity index (χ2v) is 7.68. The third-order valence-corrected chi connectivity index (χ3v) is 5.48. The van der Waals surface area contributed by atoms with Crippen molar-refractivity contribution >= 4 is 17.3 Å². The van der Waals surface area contributed by atoms with E-state index in [1.807, 2.05) is 24.3 Å². The van der Waals surface area contributed by atoms with Gasteiger partial charge in [0, 0.05) is 37.1 Å². The number of hydrogen-bond acceptors (Lipinski definition) is 5. The molecule has 1 amide bonds. The highest BCUT2D eigenvalue weighted by molar-refractivity contribution is 5.92. The number of morpholine rings is 1. The van der Waals surface area contributed by atoms with Crippen LogP contribution in [0.4, 0.5) is 11.4 Å². The Balaban J connectivity index is 1.32. The first-order valence-electron chi connectivity index (χ1n) is 10.3. The molecule has 0 unspecified atom stereocenters. The van der Waals surface area contributed by atoms with E-state index < -0.39 is 0 Å². The number of nitrogens with one attached hydrogen (secondary N) is 1. The van der Waals surface area contributed by atoms with Gasteiger partial charge in [0.15, 0.2) is 0 Å². The van der Waals surface area contributed by atoms with E-state index in [4.69, 9.17) is 9.47 Å². The number of benzene rings is 2. The summed E-state index contributed by atoms with van der Waals surface area (Å²) in [5, 5.41) is 3.05. The van der Waals surface area contributed by atoms with Crippen LogP contribution in [0.2, 0.25) is 0 Å². The number of amides is 1. The molecule has 6 heteroatoms. The Bertz CT molecular complexity index is 797. The lowest BCUT2D eigenvalue weighted by Crippen LogP contribution is -2.36. The van der Waals surface area contributed by atoms with Gasteiger partial charge >= 0.3 is 0 Å². The Morgan fingerprint density at radius 3 is 2.41 bits per heavy atom. The molecule has 0 bridgehead atoms. The molecule has 0 atom stereocenters. The number of rotatable bonds is 8. The van der Waals surface area contributed by atoms with Crippen LogP contribution in [0, 0.1) is 0 Å². The highest BCUT2D eigenvalue weighted by atomic mass is 16.5. The Kier molecular flexibility index (Phi) is 6.32. The topological polar surface area (TPSA) is 54.0 Å². The molecule has 2 aromatic rings. The first kappa shape index (κ1) is 19.7. The maximum absolute atomic E-state index is 12.6. The molecule has 2 fully saturated rings. The van der Waals surface area contributed by atoms with Crippen LogP contribution in [-0.2, 0) is 16.1 Å². The summed E-state index contributed by atoms with van der Waals surface area (Å²) in [5.41, 5.74) is 3.21. The molecule has 1 saturated carbocycles. The highest BCUT2D eigenvalue weighted by Gasteiger charge is 2.30. The zero-order chi connectivity index (χ0) is 20.1. The lowest BCUT2D eigenvalue weighted by molar-refractivity contribution is -0.117. The van der Waals surface area contributed by atoms with E-state index in [9.17, 15) is 4.79 Å². The molecule has 0 aromatic heterocycles. The van der Waals surface area contributed by atoms with Gasteiger partial charge in [0.05, 0.1) is 26.9 Å². The van der Waals surface area contributed by atoms with Crippen LogP contribution in [0.15, 0.2) is 48.5 Å². The summed E-state index contributed by atoms with van der Waals surface area (Å²) in [7, 11) is 1.67. The summed E-state index contributed by atoms with van der Waals surface area (Å²) in [6.07, 6.45) is 2.33. The average Bonchev–Trinajstić information content (AvgIpc) is 3.60. The molecule has 154 valence electrons. The van der Waals surface area contributed by atoms with Crippen LogP contribution in [0.3, 0.4) is 0 Å². The predicted octanol–water partition coefficient (Wildman–Crippen LogP) is 3.13. The fourth-order valence-corrected chi connectivity index (χ4v) is 3.68. The molecule has 1 N–H and O–H groups in total. The first-order chi connectivity index (χ1) is 14.2. The summed E-state index contributed by atoms with van der Waals surface area (Å²) in [6, 6.07) is 16.7. The van der Waals surface area contributed by atoms with Gasteiger partial charge < -0.3 is 19.7 Å². The van der Waals surface area contributed by atoms with Crippen molar-refractivity contribution in [2.45, 2.75) is 25.4 Å². The normalized spacial score (nSPS) is 16.7. The van der Waals surface area contributed by atoms with Crippen molar-refractivity contribution < 1.29 is 14.3 Å². The van der Waals surface area contributed by atoms with Gasteiger partial charge in [-0.25, -0.2) is 0 Å². The van der Waals surface area contributed by atoms with E-state index >= 15 is 0 Å². The van der Waals surface area contributed by atoms with Crippen molar-refractivity contribution in [2.24, 2.45) is 0 Å². The van der Waals surface area contributed by atoms with Crippen molar-refractivity contribution in [2.75, 3.05) is 50.2 Å². The van der Waals surface area contributed by atoms with Crippen LogP contribution in [0.25, 0.3) is 0 Å². The first-order valence-corrected chi connectivity index (χ1v) is 10.3. The Morgan fingerprint density at radius 2 is 1.79 bits per heavy atom. The molecule has 4 rings (SSSR count). The zero-order valence-corrected chi connectivity index (χ0v) is 17.0. The summed E-state index contributed by atoms with van der Waals surface area (Å²) in [5.74, 6) is 0.884. The lowest BCUT2D eigenvalue weighted by Gasteiger charge is -2.29. The Labute approximate surface area is 172 Å². The van der Waals surface area contributed by atoms with Crippen molar-refractivity contribution in [1.29, 1.82) is 0 Å². The smallest absolute Gasteiger partial charge is 0.238 e. The van der Waals surface area contributed by atoms with Crippen LogP contribution < -0.4 is 15.0 Å². The molecule has 2 aliphatic rings. The Hall–Kier alpha value is -2.57. The minimum atomic E-state index is 0.0320. The number of hydrogen-bond donors (Lipinski definition) is 1. The van der Waals surface area contributed by atoms with E-state index in [0.29, 0.717) is 12.6 Å². The molecular formula is C23H29N3O3. The number of ether oxygens (including phenoxy) is 2. The molecular weight excluding hydrogens is 366 g/mol. The molecule has 1 saturated heterocycles. The highest BCUT2D eigenvalue weighted by Crippen LogP contribution is 2.28. The fourth-order valence-electron chi connectivity index (χ4n) is 3.68. The molecule has 6 nitrogen and oxygen atoms in total. The quantitative estimate of drug-likeness (QED) is 0.744. The van der Waals surface area contributed by atoms with Gasteiger partial charge in [-0.1, -0.05) is 12.1 Å². The number of carbonyl (C=O) groups excluding carboxylic acids is 1. The van der Waals surface area contributed by atoms with Crippen LogP contribution in [0.5, 0.6) is 5.75 Å². The van der Waals surface area contributed by atoms with Crippen molar-refractivity contribution in [1.82, 2.24) is 4.90 Å². The van der Waals surface area contributed by atoms with Crippen molar-refractivity contribution in [3.63, 3.8) is 0 Å². The standard InChI is InChI=1S/C23H29N3O3/c1-28-22-10-2-18(3-11-22)16-26(21-8-9-21)17-23(27)24-19-4-6-20(7-5-19)25-12-14-29-15-13-25/h2-7,10-11,21H,8-9,12-17H2,1H3,(H,24,27). The minimum Gasteiger partial charge on any atom is -0.497 e. The fraction of sp³-hybridized carbons (Fsp3) is 0.435. The van der Waals surface area contributed by atoms with E-state index in [-0.39, 0.29) is 5.91 Å². The molecule has 2 aromatic carbocycles. The number of carbonyl (C=O) groups is 1. The number of anilines is 2. The predicted molar refractivity (Wildman–Crippen MR) is 115 cm³/mol. The molecule has 0 radical (unpaired) electrons. The summed E-state index contributed by atoms with van der Waals surface area (Å²) in [6.45, 7) is 4.54. The lowest BCUT2D eigenvalue weighted by atomic mass is 10.2. The van der Waals surface area contributed by atoms with Gasteiger partial charge in [0.2, 0.25) is 5.91 Å². The van der Waals surface area contributed by atoms with Crippen molar-refractivity contribution in [3.05, 3.63) is 54.1 Å². The molecule has 0 spiro atoms. The van der Waals surface area contributed by atoms with Crippen LogP contribution in [-0.4, -0.2) is 56.8 Å². The second-order valence-electron chi connectivity index (χ2n) is 7.68. The zero-order valence-electron chi connectivity index (χ0n) is 17.0. The largest absolute Gasteiger partial charge is 0.497 e. The number of nitrogens with zero attached hydrogens (tertiary/aromatic N) is 2. The SMILES string of the molecule is COc1ccc(CN(CC(=O)Nc2ccc(N3CCOCC3)cc2)C2CC2)cc1. The van der Waals surface area contributed by atoms with Gasteiger partial charge in [-0.3, -0.25) is 9.69 Å². The maximum atomic E-state index is 12.6. The van der Waals surface area contributed by atoms with E-state index in [2.05, 4.69) is 39.4 Å². The maximum Gasteiger partial charge on any atom is 0.238 e. The number of methoxy groups -OCH3 is 1. The monoisotopic (exact) mass is 395 g/mol. The molecule has 29 heavy (non-hydrogen) atoms. The Morgan fingerprint density at radius 1 is 1.10 bits per heavy atom. The summed E-state index contributed by atoms with van der Waals surface area (Å²) in [4.78, 5) is 17.2.